The molecule has 0 unspecified atom stereocenters. The first-order valence-electron chi connectivity index (χ1n) is 8.37. The molecule has 0 fully saturated rings. The summed E-state index contributed by atoms with van der Waals surface area (Å²) >= 11 is 5.85. The van der Waals surface area contributed by atoms with Crippen LogP contribution in [0, 0.1) is 6.92 Å². The number of nitrogens with zero attached hydrogens (tertiary/aromatic N) is 2. The van der Waals surface area contributed by atoms with Crippen LogP contribution in [0.4, 0.5) is 11.4 Å². The molecule has 0 bridgehead atoms. The Hall–Kier alpha value is -3.51. The van der Waals surface area contributed by atoms with E-state index in [0.29, 0.717) is 27.5 Å². The van der Waals surface area contributed by atoms with E-state index in [2.05, 4.69) is 15.7 Å². The normalized spacial score (nSPS) is 10.6. The van der Waals surface area contributed by atoms with Gasteiger partial charge < -0.3 is 4.84 Å². The van der Waals surface area contributed by atoms with Crippen molar-refractivity contribution < 1.29 is 14.4 Å². The van der Waals surface area contributed by atoms with Crippen molar-refractivity contribution in [1.29, 1.82) is 0 Å². The highest BCUT2D eigenvalue weighted by Crippen LogP contribution is 2.18. The zero-order valence-corrected chi connectivity index (χ0v) is 15.7. The summed E-state index contributed by atoms with van der Waals surface area (Å²) in [6.07, 6.45) is 0. The molecule has 0 saturated carbocycles. The summed E-state index contributed by atoms with van der Waals surface area (Å²) in [6, 6.07) is 20.2. The highest BCUT2D eigenvalue weighted by atomic mass is 35.5. The van der Waals surface area contributed by atoms with Crippen LogP contribution in [0.3, 0.4) is 0 Å². The predicted molar refractivity (Wildman–Crippen MR) is 107 cm³/mol. The number of rotatable bonds is 5. The van der Waals surface area contributed by atoms with E-state index in [-0.39, 0.29) is 0 Å². The summed E-state index contributed by atoms with van der Waals surface area (Å²) in [5.74, 6) is -0.967. The fourth-order valence-corrected chi connectivity index (χ4v) is 2.54. The molecule has 0 saturated heterocycles. The van der Waals surface area contributed by atoms with Gasteiger partial charge in [-0.05, 0) is 61.0 Å². The summed E-state index contributed by atoms with van der Waals surface area (Å²) in [6.45, 7) is 1.84. The first kappa shape index (κ1) is 19.3. The first-order valence-corrected chi connectivity index (χ1v) is 8.75. The highest BCUT2D eigenvalue weighted by molar-refractivity contribution is 6.30. The lowest BCUT2D eigenvalue weighted by Gasteiger charge is -2.07. The molecule has 0 heterocycles. The molecule has 140 valence electrons. The van der Waals surface area contributed by atoms with Crippen LogP contribution in [0.2, 0.25) is 5.02 Å². The molecule has 28 heavy (non-hydrogen) atoms. The van der Waals surface area contributed by atoms with Gasteiger partial charge in [-0.1, -0.05) is 35.9 Å². The van der Waals surface area contributed by atoms with Crippen LogP contribution in [0.5, 0.6) is 0 Å². The smallest absolute Gasteiger partial charge is 0.338 e. The zero-order valence-electron chi connectivity index (χ0n) is 14.9. The number of halogens is 1. The number of carbonyl (C=O) groups is 2. The maximum Gasteiger partial charge on any atom is 0.362 e. The fourth-order valence-electron chi connectivity index (χ4n) is 2.35. The van der Waals surface area contributed by atoms with Crippen molar-refractivity contribution in [2.75, 3.05) is 5.48 Å². The average molecular weight is 394 g/mol. The van der Waals surface area contributed by atoms with E-state index in [1.54, 1.807) is 54.6 Å². The van der Waals surface area contributed by atoms with E-state index < -0.39 is 11.9 Å². The number of nitrogens with one attached hydrogen (secondary N) is 1. The van der Waals surface area contributed by atoms with E-state index in [1.807, 2.05) is 19.1 Å². The number of amides is 1. The third-order valence-electron chi connectivity index (χ3n) is 3.82. The van der Waals surface area contributed by atoms with E-state index in [0.717, 1.165) is 5.56 Å². The van der Waals surface area contributed by atoms with Crippen molar-refractivity contribution in [3.05, 3.63) is 94.5 Å². The Labute approximate surface area is 166 Å². The molecule has 1 N–H and O–H groups in total. The van der Waals surface area contributed by atoms with Crippen LogP contribution in [-0.2, 0) is 4.84 Å². The number of aryl methyl sites for hydroxylation is 1. The number of anilines is 1. The molecule has 0 aliphatic carbocycles. The lowest BCUT2D eigenvalue weighted by molar-refractivity contribution is 0.0596. The maximum absolute atomic E-state index is 12.1. The van der Waals surface area contributed by atoms with E-state index in [9.17, 15) is 9.59 Å². The van der Waals surface area contributed by atoms with Crippen LogP contribution in [0.15, 0.2) is 83.0 Å². The summed E-state index contributed by atoms with van der Waals surface area (Å²) in [5.41, 5.74) is 5.28. The van der Waals surface area contributed by atoms with Gasteiger partial charge in [0.25, 0.3) is 5.91 Å². The summed E-state index contributed by atoms with van der Waals surface area (Å²) in [5, 5.41) is 8.14. The topological polar surface area (TPSA) is 80.1 Å². The van der Waals surface area contributed by atoms with Crippen molar-refractivity contribution >= 4 is 34.9 Å². The number of hydrogen-bond donors (Lipinski definition) is 1. The molecule has 3 aromatic rings. The predicted octanol–water partition coefficient (Wildman–Crippen LogP) is 5.76. The lowest BCUT2D eigenvalue weighted by atomic mass is 10.1. The lowest BCUT2D eigenvalue weighted by Crippen LogP contribution is -2.10. The van der Waals surface area contributed by atoms with Crippen LogP contribution < -0.4 is 5.48 Å². The molecule has 0 aromatic heterocycles. The fraction of sp³-hybridized carbons (Fsp3) is 0.0476. The van der Waals surface area contributed by atoms with Gasteiger partial charge in [0.2, 0.25) is 0 Å². The van der Waals surface area contributed by atoms with Gasteiger partial charge in [-0.15, -0.1) is 10.2 Å². The van der Waals surface area contributed by atoms with Crippen molar-refractivity contribution in [2.24, 2.45) is 10.2 Å². The molecule has 0 atom stereocenters. The summed E-state index contributed by atoms with van der Waals surface area (Å²) < 4.78 is 0. The molecule has 0 aliphatic heterocycles. The molecule has 3 rings (SSSR count). The van der Waals surface area contributed by atoms with E-state index >= 15 is 0 Å². The van der Waals surface area contributed by atoms with Gasteiger partial charge in [0, 0.05) is 10.6 Å². The van der Waals surface area contributed by atoms with Crippen molar-refractivity contribution in [3.8, 4) is 0 Å². The molecule has 7 heteroatoms. The van der Waals surface area contributed by atoms with Crippen LogP contribution in [-0.4, -0.2) is 11.9 Å². The second kappa shape index (κ2) is 8.92. The molecular formula is C21H16ClN3O3. The Morgan fingerprint density at radius 3 is 2.43 bits per heavy atom. The van der Waals surface area contributed by atoms with E-state index in [1.165, 1.54) is 6.07 Å². The maximum atomic E-state index is 12.1. The van der Waals surface area contributed by atoms with Crippen LogP contribution in [0.1, 0.15) is 26.3 Å². The average Bonchev–Trinajstić information content (AvgIpc) is 2.71. The molecular weight excluding hydrogens is 378 g/mol. The van der Waals surface area contributed by atoms with Crippen LogP contribution in [0.25, 0.3) is 0 Å². The molecule has 0 radical (unpaired) electrons. The van der Waals surface area contributed by atoms with Crippen molar-refractivity contribution in [3.63, 3.8) is 0 Å². The Kier molecular flexibility index (Phi) is 6.14. The minimum absolute atomic E-state index is 0.333. The highest BCUT2D eigenvalue weighted by Gasteiger charge is 2.08. The van der Waals surface area contributed by atoms with Gasteiger partial charge in [0.1, 0.15) is 0 Å². The van der Waals surface area contributed by atoms with Gasteiger partial charge in [-0.3, -0.25) is 4.79 Å². The van der Waals surface area contributed by atoms with Crippen LogP contribution >= 0.6 is 11.6 Å². The molecule has 6 nitrogen and oxygen atoms in total. The number of benzene rings is 3. The quantitative estimate of drug-likeness (QED) is 0.441. The minimum atomic E-state index is -0.560. The standard InChI is InChI=1S/C21H16ClN3O3/c1-14-5-2-3-8-19(14)20(26)24-23-17-9-11-18(12-10-17)25-28-21(27)15-6-4-7-16(22)13-15/h2-13,25H,1H3. The largest absolute Gasteiger partial charge is 0.362 e. The SMILES string of the molecule is Cc1ccccc1C(=O)N=Nc1ccc(NOC(=O)c2cccc(Cl)c2)cc1. The second-order valence-corrected chi connectivity index (χ2v) is 6.31. The van der Waals surface area contributed by atoms with Gasteiger partial charge in [0.15, 0.2) is 0 Å². The Balaban J connectivity index is 1.58. The Bertz CT molecular complexity index is 1030. The number of azo groups is 1. The minimum Gasteiger partial charge on any atom is -0.338 e. The second-order valence-electron chi connectivity index (χ2n) is 5.87. The Morgan fingerprint density at radius 1 is 0.964 bits per heavy atom. The molecule has 0 spiro atoms. The first-order chi connectivity index (χ1) is 13.5. The number of hydrogen-bond acceptors (Lipinski definition) is 5. The Morgan fingerprint density at radius 2 is 1.71 bits per heavy atom. The van der Waals surface area contributed by atoms with Gasteiger partial charge in [0.05, 0.1) is 16.9 Å². The third kappa shape index (κ3) is 5.02. The van der Waals surface area contributed by atoms with Gasteiger partial charge in [-0.25, -0.2) is 10.3 Å². The van der Waals surface area contributed by atoms with Crippen molar-refractivity contribution in [1.82, 2.24) is 0 Å². The van der Waals surface area contributed by atoms with Gasteiger partial charge >= 0.3 is 5.97 Å². The van der Waals surface area contributed by atoms with Crippen molar-refractivity contribution in [2.45, 2.75) is 6.92 Å². The van der Waals surface area contributed by atoms with E-state index in [4.69, 9.17) is 16.4 Å². The summed E-state index contributed by atoms with van der Waals surface area (Å²) in [4.78, 5) is 29.1. The molecule has 3 aromatic carbocycles. The third-order valence-corrected chi connectivity index (χ3v) is 4.06. The molecule has 1 amide bonds. The zero-order chi connectivity index (χ0) is 19.9. The molecule has 0 aliphatic rings. The summed E-state index contributed by atoms with van der Waals surface area (Å²) in [7, 11) is 0. The van der Waals surface area contributed by atoms with Gasteiger partial charge in [-0.2, -0.15) is 0 Å². The monoisotopic (exact) mass is 393 g/mol. The number of carbonyl (C=O) groups excluding carboxylic acids is 2.